The lowest BCUT2D eigenvalue weighted by Gasteiger charge is -2.39. The molecule has 1 heterocycles. The molecule has 1 aromatic carbocycles. The molecule has 1 nitrogen and oxygen atoms in total. The van der Waals surface area contributed by atoms with E-state index in [0.717, 1.165) is 19.5 Å². The van der Waals surface area contributed by atoms with E-state index in [1.807, 2.05) is 0 Å². The van der Waals surface area contributed by atoms with Crippen LogP contribution in [0.1, 0.15) is 38.8 Å². The lowest BCUT2D eigenvalue weighted by molar-refractivity contribution is 0.185. The first-order valence-corrected chi connectivity index (χ1v) is 7.03. The standard InChI is InChI=1S/C15H21BrN/c1-11(15(2,3)4)17-8-7-12-5-6-14(16)9-13(12)10-17/h5-6,9H,7-8,10H2,1-4H3. The average Bonchev–Trinajstić information content (AvgIpc) is 2.25. The molecule has 17 heavy (non-hydrogen) atoms. The van der Waals surface area contributed by atoms with Crippen molar-refractivity contribution < 1.29 is 0 Å². The SMILES string of the molecule is C[C](N1CCc2ccc(Br)cc2C1)C(C)(C)C. The molecule has 0 aliphatic carbocycles. The van der Waals surface area contributed by atoms with Crippen LogP contribution < -0.4 is 0 Å². The Morgan fingerprint density at radius 3 is 2.59 bits per heavy atom. The van der Waals surface area contributed by atoms with Crippen LogP contribution in [-0.4, -0.2) is 11.4 Å². The number of fused-ring (bicyclic) bond motifs is 1. The summed E-state index contributed by atoms with van der Waals surface area (Å²) in [6.45, 7) is 11.3. The predicted molar refractivity (Wildman–Crippen MR) is 76.6 cm³/mol. The monoisotopic (exact) mass is 294 g/mol. The number of nitrogens with zero attached hydrogens (tertiary/aromatic N) is 1. The van der Waals surface area contributed by atoms with Gasteiger partial charge < -0.3 is 0 Å². The highest BCUT2D eigenvalue weighted by Crippen LogP contribution is 2.34. The van der Waals surface area contributed by atoms with E-state index < -0.39 is 0 Å². The van der Waals surface area contributed by atoms with Gasteiger partial charge >= 0.3 is 0 Å². The molecule has 2 rings (SSSR count). The highest BCUT2D eigenvalue weighted by molar-refractivity contribution is 9.10. The van der Waals surface area contributed by atoms with Crippen molar-refractivity contribution in [2.45, 2.75) is 40.7 Å². The van der Waals surface area contributed by atoms with Gasteiger partial charge in [-0.1, -0.05) is 42.8 Å². The van der Waals surface area contributed by atoms with Gasteiger partial charge in [0.05, 0.1) is 0 Å². The van der Waals surface area contributed by atoms with Gasteiger partial charge in [0.15, 0.2) is 0 Å². The van der Waals surface area contributed by atoms with Gasteiger partial charge in [0.25, 0.3) is 0 Å². The van der Waals surface area contributed by atoms with E-state index in [1.54, 1.807) is 0 Å². The van der Waals surface area contributed by atoms with E-state index in [0.29, 0.717) is 0 Å². The minimum Gasteiger partial charge on any atom is -0.291 e. The van der Waals surface area contributed by atoms with Gasteiger partial charge in [-0.2, -0.15) is 0 Å². The molecule has 1 aromatic rings. The van der Waals surface area contributed by atoms with Gasteiger partial charge in [0.2, 0.25) is 0 Å². The molecule has 0 fully saturated rings. The van der Waals surface area contributed by atoms with Crippen LogP contribution >= 0.6 is 15.9 Å². The first-order chi connectivity index (χ1) is 7.88. The van der Waals surface area contributed by atoms with Crippen molar-refractivity contribution in [2.75, 3.05) is 6.54 Å². The highest BCUT2D eigenvalue weighted by atomic mass is 79.9. The summed E-state index contributed by atoms with van der Waals surface area (Å²) < 4.78 is 1.19. The van der Waals surface area contributed by atoms with E-state index in [2.05, 4.69) is 66.7 Å². The van der Waals surface area contributed by atoms with Gasteiger partial charge in [-0.25, -0.2) is 0 Å². The molecule has 0 aromatic heterocycles. The normalized spacial score (nSPS) is 17.3. The van der Waals surface area contributed by atoms with E-state index in [-0.39, 0.29) is 5.41 Å². The highest BCUT2D eigenvalue weighted by Gasteiger charge is 2.29. The van der Waals surface area contributed by atoms with Crippen LogP contribution in [-0.2, 0) is 13.0 Å². The fourth-order valence-electron chi connectivity index (χ4n) is 2.29. The van der Waals surface area contributed by atoms with Crippen molar-refractivity contribution in [1.82, 2.24) is 4.90 Å². The summed E-state index contributed by atoms with van der Waals surface area (Å²) in [5.41, 5.74) is 3.24. The minimum atomic E-state index is 0.267. The van der Waals surface area contributed by atoms with Gasteiger partial charge in [0, 0.05) is 23.6 Å². The lowest BCUT2D eigenvalue weighted by Crippen LogP contribution is -2.38. The zero-order chi connectivity index (χ0) is 12.6. The zero-order valence-electron chi connectivity index (χ0n) is 11.2. The molecular weight excluding hydrogens is 274 g/mol. The van der Waals surface area contributed by atoms with Crippen LogP contribution in [0.15, 0.2) is 22.7 Å². The maximum Gasteiger partial charge on any atom is 0.0419 e. The number of hydrogen-bond acceptors (Lipinski definition) is 1. The molecule has 0 bridgehead atoms. The molecule has 0 amide bonds. The predicted octanol–water partition coefficient (Wildman–Crippen LogP) is 4.41. The van der Waals surface area contributed by atoms with Gasteiger partial charge in [-0.3, -0.25) is 4.90 Å². The van der Waals surface area contributed by atoms with Crippen LogP contribution in [0.25, 0.3) is 0 Å². The van der Waals surface area contributed by atoms with Crippen molar-refractivity contribution in [2.24, 2.45) is 5.41 Å². The number of hydrogen-bond donors (Lipinski definition) is 0. The molecule has 1 aliphatic heterocycles. The lowest BCUT2D eigenvalue weighted by atomic mass is 9.85. The third-order valence-corrected chi connectivity index (χ3v) is 4.23. The Morgan fingerprint density at radius 1 is 1.24 bits per heavy atom. The summed E-state index contributed by atoms with van der Waals surface area (Å²) in [5.74, 6) is 0. The zero-order valence-corrected chi connectivity index (χ0v) is 12.8. The maximum absolute atomic E-state index is 3.56. The van der Waals surface area contributed by atoms with Crippen molar-refractivity contribution >= 4 is 15.9 Å². The molecule has 0 atom stereocenters. The third-order valence-electron chi connectivity index (χ3n) is 3.74. The van der Waals surface area contributed by atoms with Crippen LogP contribution in [0.5, 0.6) is 0 Å². The Bertz CT molecular complexity index is 406. The van der Waals surface area contributed by atoms with E-state index in [4.69, 9.17) is 0 Å². The number of rotatable bonds is 1. The molecule has 1 radical (unpaired) electrons. The Hall–Kier alpha value is -0.340. The summed E-state index contributed by atoms with van der Waals surface area (Å²) in [4.78, 5) is 2.52. The third kappa shape index (κ3) is 2.92. The van der Waals surface area contributed by atoms with Crippen LogP contribution in [0, 0.1) is 11.5 Å². The van der Waals surface area contributed by atoms with E-state index in [9.17, 15) is 0 Å². The van der Waals surface area contributed by atoms with Crippen molar-refractivity contribution in [3.05, 3.63) is 39.8 Å². The molecular formula is C15H21BrN. The second-order valence-electron chi connectivity index (χ2n) is 5.92. The first-order valence-electron chi connectivity index (χ1n) is 6.24. The molecule has 0 saturated heterocycles. The van der Waals surface area contributed by atoms with Gasteiger partial charge in [-0.05, 0) is 42.0 Å². The summed E-state index contributed by atoms with van der Waals surface area (Å²) in [6.07, 6.45) is 1.16. The Kier molecular flexibility index (Phi) is 3.65. The quantitative estimate of drug-likeness (QED) is 0.742. The smallest absolute Gasteiger partial charge is 0.0419 e. The van der Waals surface area contributed by atoms with E-state index in [1.165, 1.54) is 21.6 Å². The second kappa shape index (κ2) is 4.74. The summed E-state index contributed by atoms with van der Waals surface area (Å²) in [5, 5.41) is 0. The maximum atomic E-state index is 3.56. The molecule has 0 spiro atoms. The number of halogens is 1. The molecule has 93 valence electrons. The molecule has 1 aliphatic rings. The van der Waals surface area contributed by atoms with Crippen LogP contribution in [0.2, 0.25) is 0 Å². The average molecular weight is 295 g/mol. The van der Waals surface area contributed by atoms with Crippen molar-refractivity contribution in [1.29, 1.82) is 0 Å². The van der Waals surface area contributed by atoms with Crippen molar-refractivity contribution in [3.8, 4) is 0 Å². The second-order valence-corrected chi connectivity index (χ2v) is 6.84. The topological polar surface area (TPSA) is 3.24 Å². The van der Waals surface area contributed by atoms with Gasteiger partial charge in [0.1, 0.15) is 0 Å². The minimum absolute atomic E-state index is 0.267. The fraction of sp³-hybridized carbons (Fsp3) is 0.533. The molecule has 0 unspecified atom stereocenters. The first kappa shape index (κ1) is 13.1. The largest absolute Gasteiger partial charge is 0.291 e. The summed E-state index contributed by atoms with van der Waals surface area (Å²) in [6, 6.07) is 8.15. The van der Waals surface area contributed by atoms with E-state index >= 15 is 0 Å². The van der Waals surface area contributed by atoms with Gasteiger partial charge in [-0.15, -0.1) is 0 Å². The van der Waals surface area contributed by atoms with Crippen molar-refractivity contribution in [3.63, 3.8) is 0 Å². The Labute approximate surface area is 113 Å². The molecule has 0 N–H and O–H groups in total. The Balaban J connectivity index is 2.18. The van der Waals surface area contributed by atoms with Crippen LogP contribution in [0.4, 0.5) is 0 Å². The fourth-order valence-corrected chi connectivity index (χ4v) is 2.69. The summed E-state index contributed by atoms with van der Waals surface area (Å²) in [7, 11) is 0. The molecule has 2 heteroatoms. The Morgan fingerprint density at radius 2 is 1.94 bits per heavy atom. The number of benzene rings is 1. The summed E-state index contributed by atoms with van der Waals surface area (Å²) >= 11 is 3.56. The molecule has 0 saturated carbocycles. The van der Waals surface area contributed by atoms with Crippen LogP contribution in [0.3, 0.4) is 0 Å².